The average Bonchev–Trinajstić information content (AvgIpc) is 2.83. The van der Waals surface area contributed by atoms with E-state index in [0.29, 0.717) is 0 Å². The number of piperidine rings is 1. The van der Waals surface area contributed by atoms with E-state index in [9.17, 15) is 9.59 Å². The Morgan fingerprint density at radius 3 is 2.53 bits per heavy atom. The van der Waals surface area contributed by atoms with Crippen LogP contribution in [-0.4, -0.2) is 45.9 Å². The molecule has 0 aromatic carbocycles. The van der Waals surface area contributed by atoms with Crippen LogP contribution in [0.4, 0.5) is 0 Å². The summed E-state index contributed by atoms with van der Waals surface area (Å²) in [6, 6.07) is 0.544. The van der Waals surface area contributed by atoms with E-state index >= 15 is 0 Å². The molecule has 2 heterocycles. The number of hydrazine groups is 1. The van der Waals surface area contributed by atoms with Gasteiger partial charge in [0.25, 0.3) is 5.91 Å². The topological polar surface area (TPSA) is 91.2 Å². The number of carboxylic acids is 1. The van der Waals surface area contributed by atoms with Crippen LogP contribution in [0.15, 0.2) is 5.16 Å². The Hall–Kier alpha value is -1.63. The maximum atomic E-state index is 12.0. The molecule has 0 saturated carbocycles. The summed E-state index contributed by atoms with van der Waals surface area (Å²) in [5, 5.41) is 14.1. The Bertz CT molecular complexity index is 400. The lowest BCUT2D eigenvalue weighted by Gasteiger charge is -2.38. The van der Waals surface area contributed by atoms with E-state index < -0.39 is 12.1 Å². The van der Waals surface area contributed by atoms with E-state index in [1.807, 2.05) is 5.01 Å². The van der Waals surface area contributed by atoms with E-state index in [1.165, 1.54) is 0 Å². The maximum absolute atomic E-state index is 12.0. The third kappa shape index (κ3) is 3.04. The zero-order chi connectivity index (χ0) is 14.0. The number of carbonyl (C=O) groups is 2. The van der Waals surface area contributed by atoms with E-state index in [2.05, 4.69) is 24.4 Å². The highest BCUT2D eigenvalue weighted by atomic mass is 16.6. The summed E-state index contributed by atoms with van der Waals surface area (Å²) in [7, 11) is 0. The molecule has 0 radical (unpaired) electrons. The van der Waals surface area contributed by atoms with Gasteiger partial charge in [-0.25, -0.2) is 9.80 Å². The molecule has 0 aromatic heterocycles. The first kappa shape index (κ1) is 13.8. The standard InChI is InChI=1S/C12H19N3O4/c1-7-4-3-5-8(2)15(7)13-11(16)10-6-9(12(17)18)14-19-10/h7-8,10H,3-6H2,1-2H3,(H,13,16)(H,17,18). The van der Waals surface area contributed by atoms with Gasteiger partial charge in [0.05, 0.1) is 0 Å². The molecule has 2 aliphatic rings. The third-order valence-electron chi connectivity index (χ3n) is 3.64. The van der Waals surface area contributed by atoms with E-state index in [4.69, 9.17) is 9.94 Å². The summed E-state index contributed by atoms with van der Waals surface area (Å²) >= 11 is 0. The molecule has 0 aromatic rings. The van der Waals surface area contributed by atoms with Crippen LogP contribution < -0.4 is 5.43 Å². The molecule has 7 heteroatoms. The summed E-state index contributed by atoms with van der Waals surface area (Å²) in [5.74, 6) is -1.48. The molecule has 0 bridgehead atoms. The number of carbonyl (C=O) groups excluding carboxylic acids is 1. The van der Waals surface area contributed by atoms with Crippen molar-refractivity contribution in [3.63, 3.8) is 0 Å². The Morgan fingerprint density at radius 2 is 2.00 bits per heavy atom. The van der Waals surface area contributed by atoms with Gasteiger partial charge in [-0.15, -0.1) is 0 Å². The van der Waals surface area contributed by atoms with Crippen LogP contribution >= 0.6 is 0 Å². The quantitative estimate of drug-likeness (QED) is 0.779. The molecule has 106 valence electrons. The molecule has 1 saturated heterocycles. The molecule has 0 aliphatic carbocycles. The molecule has 2 rings (SSSR count). The fourth-order valence-corrected chi connectivity index (χ4v) is 2.49. The van der Waals surface area contributed by atoms with Crippen molar-refractivity contribution in [3.8, 4) is 0 Å². The number of hydrogen-bond donors (Lipinski definition) is 2. The summed E-state index contributed by atoms with van der Waals surface area (Å²) in [4.78, 5) is 27.6. The Kier molecular flexibility index (Phi) is 4.04. The monoisotopic (exact) mass is 269 g/mol. The lowest BCUT2D eigenvalue weighted by Crippen LogP contribution is -2.56. The maximum Gasteiger partial charge on any atom is 0.353 e. The number of carboxylic acid groups (broad SMARTS) is 1. The Labute approximate surface area is 111 Å². The lowest BCUT2D eigenvalue weighted by molar-refractivity contribution is -0.139. The van der Waals surface area contributed by atoms with Crippen molar-refractivity contribution in [2.75, 3.05) is 0 Å². The minimum atomic E-state index is -1.14. The van der Waals surface area contributed by atoms with Crippen LogP contribution in [0.5, 0.6) is 0 Å². The van der Waals surface area contributed by atoms with Crippen molar-refractivity contribution in [3.05, 3.63) is 0 Å². The summed E-state index contributed by atoms with van der Waals surface area (Å²) in [6.07, 6.45) is 2.39. The lowest BCUT2D eigenvalue weighted by atomic mass is 10.00. The van der Waals surface area contributed by atoms with E-state index in [0.717, 1.165) is 19.3 Å². The molecule has 19 heavy (non-hydrogen) atoms. The van der Waals surface area contributed by atoms with Gasteiger partial charge in [-0.05, 0) is 26.7 Å². The number of amides is 1. The third-order valence-corrected chi connectivity index (χ3v) is 3.64. The van der Waals surface area contributed by atoms with Gasteiger partial charge >= 0.3 is 5.97 Å². The second kappa shape index (κ2) is 5.56. The van der Waals surface area contributed by atoms with E-state index in [1.54, 1.807) is 0 Å². The normalized spacial score (nSPS) is 31.5. The zero-order valence-electron chi connectivity index (χ0n) is 11.1. The average molecular weight is 269 g/mol. The van der Waals surface area contributed by atoms with Gasteiger partial charge in [0.2, 0.25) is 6.10 Å². The zero-order valence-corrected chi connectivity index (χ0v) is 11.1. The Balaban J connectivity index is 1.90. The van der Waals surface area contributed by atoms with Gasteiger partial charge in [-0.3, -0.25) is 10.2 Å². The molecule has 2 aliphatic heterocycles. The van der Waals surface area contributed by atoms with Crippen molar-refractivity contribution < 1.29 is 19.5 Å². The van der Waals surface area contributed by atoms with Crippen LogP contribution in [0.25, 0.3) is 0 Å². The highest BCUT2D eigenvalue weighted by Crippen LogP contribution is 2.21. The first-order chi connectivity index (χ1) is 8.99. The van der Waals surface area contributed by atoms with Gasteiger partial charge in [-0.1, -0.05) is 11.6 Å². The van der Waals surface area contributed by atoms with Crippen LogP contribution in [0.2, 0.25) is 0 Å². The molecule has 7 nitrogen and oxygen atoms in total. The molecular weight excluding hydrogens is 250 g/mol. The van der Waals surface area contributed by atoms with Crippen molar-refractivity contribution in [1.82, 2.24) is 10.4 Å². The van der Waals surface area contributed by atoms with Gasteiger partial charge in [0.15, 0.2) is 5.71 Å². The van der Waals surface area contributed by atoms with Crippen LogP contribution in [0.1, 0.15) is 39.5 Å². The molecule has 3 unspecified atom stereocenters. The minimum absolute atomic E-state index is 0.0117. The molecule has 3 atom stereocenters. The highest BCUT2D eigenvalue weighted by Gasteiger charge is 2.34. The van der Waals surface area contributed by atoms with E-state index in [-0.39, 0.29) is 30.1 Å². The number of hydrogen-bond acceptors (Lipinski definition) is 5. The summed E-state index contributed by atoms with van der Waals surface area (Å²) in [5.41, 5.74) is 2.71. The van der Waals surface area contributed by atoms with Gasteiger partial charge in [0, 0.05) is 18.5 Å². The minimum Gasteiger partial charge on any atom is -0.477 e. The largest absolute Gasteiger partial charge is 0.477 e. The SMILES string of the molecule is CC1CCCC(C)N1NC(=O)C1CC(C(=O)O)=NO1. The molecular formula is C12H19N3O4. The summed E-state index contributed by atoms with van der Waals surface area (Å²) in [6.45, 7) is 4.12. The molecule has 1 fully saturated rings. The van der Waals surface area contributed by atoms with Crippen LogP contribution in [0.3, 0.4) is 0 Å². The molecule has 2 N–H and O–H groups in total. The van der Waals surface area contributed by atoms with Crippen molar-refractivity contribution in [2.45, 2.75) is 57.7 Å². The number of nitrogens with zero attached hydrogens (tertiary/aromatic N) is 2. The first-order valence-corrected chi connectivity index (χ1v) is 6.54. The van der Waals surface area contributed by atoms with Gasteiger partial charge in [0.1, 0.15) is 0 Å². The second-order valence-electron chi connectivity index (χ2n) is 5.15. The summed E-state index contributed by atoms with van der Waals surface area (Å²) < 4.78 is 0. The highest BCUT2D eigenvalue weighted by molar-refractivity contribution is 6.36. The first-order valence-electron chi connectivity index (χ1n) is 6.54. The number of rotatable bonds is 3. The van der Waals surface area contributed by atoms with Crippen LogP contribution in [-0.2, 0) is 14.4 Å². The fourth-order valence-electron chi connectivity index (χ4n) is 2.49. The van der Waals surface area contributed by atoms with Crippen molar-refractivity contribution in [1.29, 1.82) is 0 Å². The number of oxime groups is 1. The van der Waals surface area contributed by atoms with Crippen molar-refractivity contribution >= 4 is 17.6 Å². The number of nitrogens with one attached hydrogen (secondary N) is 1. The van der Waals surface area contributed by atoms with Gasteiger partial charge in [-0.2, -0.15) is 0 Å². The number of aliphatic carboxylic acids is 1. The van der Waals surface area contributed by atoms with Crippen molar-refractivity contribution in [2.24, 2.45) is 5.16 Å². The smallest absolute Gasteiger partial charge is 0.353 e. The fraction of sp³-hybridized carbons (Fsp3) is 0.750. The van der Waals surface area contributed by atoms with Gasteiger partial charge < -0.3 is 9.94 Å². The Morgan fingerprint density at radius 1 is 1.37 bits per heavy atom. The predicted molar refractivity (Wildman–Crippen MR) is 67.3 cm³/mol. The van der Waals surface area contributed by atoms with Crippen LogP contribution in [0, 0.1) is 0 Å². The second-order valence-corrected chi connectivity index (χ2v) is 5.15. The molecule has 0 spiro atoms. The molecule has 1 amide bonds. The predicted octanol–water partition coefficient (Wildman–Crippen LogP) is 0.510.